The standard InChI is InChI=1S/C26H20N2O3/c29-24(19-12-14-27-15-13-19)16-26(31)22-10-3-4-11-23(22)28(25(26)30)17-20-8-5-7-18-6-1-2-9-21(18)20/h1-15,31H,16-17H2/t26-/m1/s1. The Hall–Kier alpha value is -3.83. The molecule has 2 heterocycles. The lowest BCUT2D eigenvalue weighted by molar-refractivity contribution is -0.136. The molecule has 31 heavy (non-hydrogen) atoms. The van der Waals surface area contributed by atoms with Gasteiger partial charge < -0.3 is 10.0 Å². The van der Waals surface area contributed by atoms with Crippen LogP contribution in [0.3, 0.4) is 0 Å². The number of carbonyl (C=O) groups is 2. The molecule has 5 heteroatoms. The van der Waals surface area contributed by atoms with Gasteiger partial charge in [-0.05, 0) is 34.5 Å². The number of hydrogen-bond acceptors (Lipinski definition) is 4. The van der Waals surface area contributed by atoms with Gasteiger partial charge in [-0.1, -0.05) is 60.7 Å². The minimum absolute atomic E-state index is 0.305. The number of aromatic nitrogens is 1. The third-order valence-corrected chi connectivity index (χ3v) is 5.87. The van der Waals surface area contributed by atoms with Crippen LogP contribution in [0.15, 0.2) is 91.3 Å². The van der Waals surface area contributed by atoms with Gasteiger partial charge in [0.2, 0.25) is 0 Å². The topological polar surface area (TPSA) is 70.5 Å². The Labute approximate surface area is 179 Å². The normalized spacial score (nSPS) is 17.7. The predicted octanol–water partition coefficient (Wildman–Crippen LogP) is 4.24. The lowest BCUT2D eigenvalue weighted by Gasteiger charge is -2.23. The number of anilines is 1. The number of para-hydroxylation sites is 1. The molecule has 0 unspecified atom stereocenters. The molecule has 0 spiro atoms. The zero-order valence-corrected chi connectivity index (χ0v) is 16.7. The van der Waals surface area contributed by atoms with E-state index in [9.17, 15) is 14.7 Å². The Morgan fingerprint density at radius 2 is 1.61 bits per heavy atom. The molecular formula is C26H20N2O3. The minimum Gasteiger partial charge on any atom is -0.375 e. The molecule has 0 radical (unpaired) electrons. The highest BCUT2D eigenvalue weighted by molar-refractivity contribution is 6.10. The molecule has 152 valence electrons. The van der Waals surface area contributed by atoms with Crippen LogP contribution in [0.25, 0.3) is 10.8 Å². The molecular weight excluding hydrogens is 388 g/mol. The van der Waals surface area contributed by atoms with Crippen molar-refractivity contribution in [2.45, 2.75) is 18.6 Å². The van der Waals surface area contributed by atoms with Crippen molar-refractivity contribution in [3.05, 3.63) is 108 Å². The first-order chi connectivity index (χ1) is 15.1. The molecule has 1 atom stereocenters. The second-order valence-corrected chi connectivity index (χ2v) is 7.74. The van der Waals surface area contributed by atoms with Gasteiger partial charge in [-0.2, -0.15) is 0 Å². The van der Waals surface area contributed by atoms with Crippen molar-refractivity contribution in [1.82, 2.24) is 4.98 Å². The smallest absolute Gasteiger partial charge is 0.264 e. The summed E-state index contributed by atoms with van der Waals surface area (Å²) in [5.74, 6) is -0.788. The Kier molecular flexibility index (Phi) is 4.60. The summed E-state index contributed by atoms with van der Waals surface area (Å²) in [6.07, 6.45) is 2.72. The second-order valence-electron chi connectivity index (χ2n) is 7.74. The molecule has 0 saturated carbocycles. The van der Waals surface area contributed by atoms with Crippen LogP contribution in [-0.4, -0.2) is 21.8 Å². The number of benzene rings is 3. The summed E-state index contributed by atoms with van der Waals surface area (Å²) in [7, 11) is 0. The van der Waals surface area contributed by atoms with Crippen molar-refractivity contribution >= 4 is 28.2 Å². The minimum atomic E-state index is -1.90. The molecule has 5 rings (SSSR count). The van der Waals surface area contributed by atoms with Crippen molar-refractivity contribution in [1.29, 1.82) is 0 Å². The Morgan fingerprint density at radius 3 is 2.45 bits per heavy atom. The molecule has 1 amide bonds. The van der Waals surface area contributed by atoms with E-state index in [0.29, 0.717) is 23.4 Å². The first kappa shape index (κ1) is 19.2. The Bertz CT molecular complexity index is 1300. The molecule has 1 aromatic heterocycles. The highest BCUT2D eigenvalue weighted by atomic mass is 16.3. The third kappa shape index (κ3) is 3.20. The summed E-state index contributed by atoms with van der Waals surface area (Å²) in [5, 5.41) is 13.6. The molecule has 1 aliphatic rings. The molecule has 3 aromatic carbocycles. The zero-order valence-electron chi connectivity index (χ0n) is 16.7. The Balaban J connectivity index is 1.53. The largest absolute Gasteiger partial charge is 0.375 e. The maximum atomic E-state index is 13.5. The fourth-order valence-corrected chi connectivity index (χ4v) is 4.31. The number of fused-ring (bicyclic) bond motifs is 2. The second kappa shape index (κ2) is 7.45. The van der Waals surface area contributed by atoms with Crippen molar-refractivity contribution in [3.63, 3.8) is 0 Å². The van der Waals surface area contributed by atoms with E-state index in [4.69, 9.17) is 0 Å². The number of amides is 1. The van der Waals surface area contributed by atoms with Crippen LogP contribution in [-0.2, 0) is 16.9 Å². The summed E-state index contributed by atoms with van der Waals surface area (Å²) in [4.78, 5) is 31.8. The van der Waals surface area contributed by atoms with Crippen LogP contribution >= 0.6 is 0 Å². The molecule has 0 aliphatic carbocycles. The van der Waals surface area contributed by atoms with Gasteiger partial charge in [-0.15, -0.1) is 0 Å². The molecule has 5 nitrogen and oxygen atoms in total. The number of carbonyl (C=O) groups excluding carboxylic acids is 2. The summed E-state index contributed by atoms with van der Waals surface area (Å²) in [5.41, 5.74) is 0.585. The molecule has 4 aromatic rings. The molecule has 1 aliphatic heterocycles. The van der Waals surface area contributed by atoms with Crippen LogP contribution in [0.5, 0.6) is 0 Å². The number of hydrogen-bond donors (Lipinski definition) is 1. The van der Waals surface area contributed by atoms with Crippen LogP contribution in [0.2, 0.25) is 0 Å². The van der Waals surface area contributed by atoms with E-state index in [0.717, 1.165) is 16.3 Å². The fourth-order valence-electron chi connectivity index (χ4n) is 4.31. The van der Waals surface area contributed by atoms with E-state index in [2.05, 4.69) is 4.98 Å². The van der Waals surface area contributed by atoms with Gasteiger partial charge in [0.15, 0.2) is 11.4 Å². The van der Waals surface area contributed by atoms with Crippen LogP contribution < -0.4 is 4.90 Å². The molecule has 0 fully saturated rings. The van der Waals surface area contributed by atoms with E-state index in [-0.39, 0.29) is 12.2 Å². The van der Waals surface area contributed by atoms with E-state index >= 15 is 0 Å². The summed E-state index contributed by atoms with van der Waals surface area (Å²) in [6.45, 7) is 0.308. The van der Waals surface area contributed by atoms with Crippen molar-refractivity contribution in [2.24, 2.45) is 0 Å². The number of nitrogens with zero attached hydrogens (tertiary/aromatic N) is 2. The number of rotatable bonds is 5. The van der Waals surface area contributed by atoms with E-state index in [1.165, 1.54) is 12.4 Å². The number of Topliss-reactive ketones (excluding diaryl/α,β-unsaturated/α-hetero) is 1. The summed E-state index contributed by atoms with van der Waals surface area (Å²) >= 11 is 0. The van der Waals surface area contributed by atoms with Crippen LogP contribution in [0.1, 0.15) is 27.9 Å². The van der Waals surface area contributed by atoms with Gasteiger partial charge >= 0.3 is 0 Å². The maximum Gasteiger partial charge on any atom is 0.264 e. The highest BCUT2D eigenvalue weighted by Gasteiger charge is 2.50. The van der Waals surface area contributed by atoms with Crippen molar-refractivity contribution in [3.8, 4) is 0 Å². The van der Waals surface area contributed by atoms with Gasteiger partial charge in [0.25, 0.3) is 5.91 Å². The van der Waals surface area contributed by atoms with Crippen LogP contribution in [0, 0.1) is 0 Å². The SMILES string of the molecule is O=C(C[C@]1(O)C(=O)N(Cc2cccc3ccccc23)c2ccccc21)c1ccncc1. The van der Waals surface area contributed by atoms with Gasteiger partial charge in [0.05, 0.1) is 18.7 Å². The number of pyridine rings is 1. The van der Waals surface area contributed by atoms with E-state index in [1.807, 2.05) is 54.6 Å². The fraction of sp³-hybridized carbons (Fsp3) is 0.115. The van der Waals surface area contributed by atoms with Crippen molar-refractivity contribution in [2.75, 3.05) is 4.90 Å². The number of aliphatic hydroxyl groups is 1. The summed E-state index contributed by atoms with van der Waals surface area (Å²) < 4.78 is 0. The number of ketones is 1. The average Bonchev–Trinajstić information content (AvgIpc) is 3.02. The summed E-state index contributed by atoms with van der Waals surface area (Å²) in [6, 6.07) is 24.3. The van der Waals surface area contributed by atoms with E-state index in [1.54, 1.807) is 29.2 Å². The lowest BCUT2D eigenvalue weighted by atomic mass is 9.88. The quantitative estimate of drug-likeness (QED) is 0.502. The lowest BCUT2D eigenvalue weighted by Crippen LogP contribution is -2.41. The first-order valence-corrected chi connectivity index (χ1v) is 10.1. The molecule has 1 N–H and O–H groups in total. The molecule has 0 saturated heterocycles. The van der Waals surface area contributed by atoms with Crippen LogP contribution in [0.4, 0.5) is 5.69 Å². The zero-order chi connectivity index (χ0) is 21.4. The van der Waals surface area contributed by atoms with Gasteiger partial charge in [-0.3, -0.25) is 14.6 Å². The predicted molar refractivity (Wildman–Crippen MR) is 119 cm³/mol. The van der Waals surface area contributed by atoms with Crippen molar-refractivity contribution < 1.29 is 14.7 Å². The van der Waals surface area contributed by atoms with Gasteiger partial charge in [0, 0.05) is 23.5 Å². The maximum absolute atomic E-state index is 13.5. The monoisotopic (exact) mass is 408 g/mol. The highest BCUT2D eigenvalue weighted by Crippen LogP contribution is 2.43. The molecule has 0 bridgehead atoms. The third-order valence-electron chi connectivity index (χ3n) is 5.87. The Morgan fingerprint density at radius 1 is 0.903 bits per heavy atom. The first-order valence-electron chi connectivity index (χ1n) is 10.1. The van der Waals surface area contributed by atoms with Gasteiger partial charge in [0.1, 0.15) is 0 Å². The van der Waals surface area contributed by atoms with E-state index < -0.39 is 11.5 Å². The van der Waals surface area contributed by atoms with Gasteiger partial charge in [-0.25, -0.2) is 0 Å². The average molecular weight is 408 g/mol.